The molecule has 2 aliphatic rings. The molecule has 138 valence electrons. The second-order valence-electron chi connectivity index (χ2n) is 6.36. The van der Waals surface area contributed by atoms with Gasteiger partial charge >= 0.3 is 0 Å². The van der Waals surface area contributed by atoms with E-state index in [4.69, 9.17) is 10.5 Å². The average molecular weight is 358 g/mol. The molecule has 9 heteroatoms. The van der Waals surface area contributed by atoms with E-state index in [1.54, 1.807) is 17.2 Å². The molecule has 26 heavy (non-hydrogen) atoms. The van der Waals surface area contributed by atoms with Crippen molar-refractivity contribution in [2.75, 3.05) is 11.9 Å². The van der Waals surface area contributed by atoms with Gasteiger partial charge in [0.1, 0.15) is 36.0 Å². The van der Waals surface area contributed by atoms with Gasteiger partial charge in [-0.3, -0.25) is 9.88 Å². The third-order valence-corrected chi connectivity index (χ3v) is 4.69. The lowest BCUT2D eigenvalue weighted by molar-refractivity contribution is -0.0331. The number of ether oxygens (including phenoxy) is 1. The van der Waals surface area contributed by atoms with E-state index >= 15 is 0 Å². The highest BCUT2D eigenvalue weighted by Crippen LogP contribution is 2.35. The van der Waals surface area contributed by atoms with Crippen LogP contribution in [0.2, 0.25) is 0 Å². The third-order valence-electron chi connectivity index (χ3n) is 4.69. The Morgan fingerprint density at radius 1 is 1.23 bits per heavy atom. The van der Waals surface area contributed by atoms with Gasteiger partial charge in [0.15, 0.2) is 6.23 Å². The zero-order valence-corrected chi connectivity index (χ0v) is 14.1. The molecule has 1 fully saturated rings. The normalized spacial score (nSPS) is 30.2. The van der Waals surface area contributed by atoms with Crippen molar-refractivity contribution in [3.8, 4) is 0 Å². The maximum Gasteiger partial charge on any atom is 0.165 e. The van der Waals surface area contributed by atoms with Gasteiger partial charge in [-0.15, -0.1) is 0 Å². The monoisotopic (exact) mass is 358 g/mol. The molecule has 0 spiro atoms. The molecule has 1 saturated heterocycles. The molecule has 9 nitrogen and oxygen atoms in total. The molecule has 0 saturated carbocycles. The summed E-state index contributed by atoms with van der Waals surface area (Å²) in [5, 5.41) is 26.7. The van der Waals surface area contributed by atoms with Gasteiger partial charge in [0.2, 0.25) is 0 Å². The first kappa shape index (κ1) is 17.1. The first-order valence-electron chi connectivity index (χ1n) is 8.53. The molecule has 0 bridgehead atoms. The second-order valence-corrected chi connectivity index (χ2v) is 6.36. The molecular formula is C17H22N6O3. The Balaban J connectivity index is 1.53. The van der Waals surface area contributed by atoms with Crippen LogP contribution in [0, 0.1) is 0 Å². The van der Waals surface area contributed by atoms with E-state index in [9.17, 15) is 10.2 Å². The van der Waals surface area contributed by atoms with Gasteiger partial charge in [-0.05, 0) is 5.56 Å². The van der Waals surface area contributed by atoms with Gasteiger partial charge in [0, 0.05) is 13.1 Å². The number of fused-ring (bicyclic) bond motifs is 1. The number of rotatable bonds is 5. The van der Waals surface area contributed by atoms with E-state index in [1.807, 2.05) is 30.3 Å². The lowest BCUT2D eigenvalue weighted by atomic mass is 10.1. The van der Waals surface area contributed by atoms with Crippen LogP contribution in [0.5, 0.6) is 0 Å². The summed E-state index contributed by atoms with van der Waals surface area (Å²) in [5.41, 5.74) is 7.43. The minimum Gasteiger partial charge on any atom is -0.387 e. The highest BCUT2D eigenvalue weighted by molar-refractivity contribution is 5.78. The van der Waals surface area contributed by atoms with E-state index < -0.39 is 24.5 Å². The van der Waals surface area contributed by atoms with Gasteiger partial charge in [-0.25, -0.2) is 9.98 Å². The minimum atomic E-state index is -1.08. The number of imidazole rings is 1. The van der Waals surface area contributed by atoms with E-state index in [2.05, 4.69) is 20.6 Å². The Morgan fingerprint density at radius 3 is 2.77 bits per heavy atom. The van der Waals surface area contributed by atoms with Crippen LogP contribution in [0.4, 0.5) is 5.82 Å². The fraction of sp³-hybridized carbons (Fsp3) is 0.412. The zero-order valence-electron chi connectivity index (χ0n) is 14.1. The summed E-state index contributed by atoms with van der Waals surface area (Å²) in [7, 11) is 0. The smallest absolute Gasteiger partial charge is 0.165 e. The maximum atomic E-state index is 10.3. The number of nitrogens with one attached hydrogen (secondary N) is 2. The van der Waals surface area contributed by atoms with Gasteiger partial charge in [0.25, 0.3) is 0 Å². The van der Waals surface area contributed by atoms with Crippen LogP contribution >= 0.6 is 0 Å². The highest BCUT2D eigenvalue weighted by Gasteiger charge is 2.44. The molecule has 5 atom stereocenters. The molecule has 0 radical (unpaired) electrons. The number of benzene rings is 1. The quantitative estimate of drug-likeness (QED) is 0.496. The first-order valence-corrected chi connectivity index (χ1v) is 8.53. The number of nitrogens with zero attached hydrogens (tertiary/aromatic N) is 3. The first-order chi connectivity index (χ1) is 12.7. The molecule has 1 aromatic heterocycles. The van der Waals surface area contributed by atoms with E-state index in [-0.39, 0.29) is 12.7 Å². The second kappa shape index (κ2) is 7.14. The number of hydrogen-bond donors (Lipinski definition) is 5. The third kappa shape index (κ3) is 3.00. The Morgan fingerprint density at radius 2 is 2.04 bits per heavy atom. The van der Waals surface area contributed by atoms with E-state index in [1.165, 1.54) is 0 Å². The van der Waals surface area contributed by atoms with Crippen molar-refractivity contribution < 1.29 is 14.9 Å². The summed E-state index contributed by atoms with van der Waals surface area (Å²) in [6.45, 7) is 0.771. The lowest BCUT2D eigenvalue weighted by Gasteiger charge is -2.23. The molecule has 6 N–H and O–H groups in total. The van der Waals surface area contributed by atoms with Crippen molar-refractivity contribution >= 4 is 12.2 Å². The van der Waals surface area contributed by atoms with Crippen molar-refractivity contribution in [1.29, 1.82) is 0 Å². The standard InChI is InChI=1S/C17H22N6O3/c18-6-11-13(24)14(25)17(26-11)23-9-22-12-15(20-8-21-16(12)23)19-7-10-4-2-1-3-5-10/h1-5,8-9,11,13-15,17,19,24-25H,6-7,18H2,(H,20,21)/t11-,13-,14-,15+,17-/m1/s1. The Bertz CT molecular complexity index is 780. The minimum absolute atomic E-state index is 0.127. The van der Waals surface area contributed by atoms with Crippen LogP contribution < -0.4 is 16.4 Å². The van der Waals surface area contributed by atoms with E-state index in [0.29, 0.717) is 18.1 Å². The molecule has 0 aliphatic carbocycles. The molecule has 0 unspecified atom stereocenters. The molecule has 4 rings (SSSR count). The molecule has 1 aromatic carbocycles. The van der Waals surface area contributed by atoms with Gasteiger partial charge in [0.05, 0.1) is 12.7 Å². The van der Waals surface area contributed by atoms with Gasteiger partial charge in [-0.2, -0.15) is 0 Å². The average Bonchev–Trinajstić information content (AvgIpc) is 3.23. The summed E-state index contributed by atoms with van der Waals surface area (Å²) >= 11 is 0. The fourth-order valence-electron chi connectivity index (χ4n) is 3.27. The van der Waals surface area contributed by atoms with Crippen LogP contribution in [-0.2, 0) is 11.3 Å². The maximum absolute atomic E-state index is 10.3. The van der Waals surface area contributed by atoms with Crippen LogP contribution in [0.25, 0.3) is 0 Å². The van der Waals surface area contributed by atoms with Crippen molar-refractivity contribution in [2.24, 2.45) is 10.7 Å². The predicted molar refractivity (Wildman–Crippen MR) is 95.3 cm³/mol. The number of hydrogen-bond acceptors (Lipinski definition) is 8. The number of aliphatic imine (C=N–C) groups is 1. The van der Waals surface area contributed by atoms with Crippen molar-refractivity contribution in [2.45, 2.75) is 37.3 Å². The number of aliphatic hydroxyl groups excluding tert-OH is 2. The summed E-state index contributed by atoms with van der Waals surface area (Å²) in [5.74, 6) is 0.666. The topological polar surface area (TPSA) is 130 Å². The van der Waals surface area contributed by atoms with Crippen LogP contribution in [0.1, 0.15) is 23.7 Å². The molecule has 3 heterocycles. The summed E-state index contributed by atoms with van der Waals surface area (Å²) in [6.07, 6.45) is -0.655. The molecule has 2 aromatic rings. The Kier molecular flexibility index (Phi) is 4.70. The number of nitrogens with two attached hydrogens (primary N) is 1. The van der Waals surface area contributed by atoms with Crippen molar-refractivity contribution in [1.82, 2.24) is 14.9 Å². The van der Waals surface area contributed by atoms with Gasteiger partial charge in [-0.1, -0.05) is 30.3 Å². The van der Waals surface area contributed by atoms with Crippen molar-refractivity contribution in [3.63, 3.8) is 0 Å². The molecule has 0 amide bonds. The Labute approximate surface area is 150 Å². The highest BCUT2D eigenvalue weighted by atomic mass is 16.6. The molecular weight excluding hydrogens is 336 g/mol. The summed E-state index contributed by atoms with van der Waals surface area (Å²) < 4.78 is 7.37. The van der Waals surface area contributed by atoms with Crippen LogP contribution in [-0.4, -0.2) is 51.0 Å². The molecule has 2 aliphatic heterocycles. The number of aromatic nitrogens is 2. The SMILES string of the molecule is NC[C@H]1O[C@@H](n2cnc3c2NC=N[C@@H]3NCc2ccccc2)[C@H](O)[C@@H]1O. The summed E-state index contributed by atoms with van der Waals surface area (Å²) in [6, 6.07) is 10.0. The lowest BCUT2D eigenvalue weighted by Crippen LogP contribution is -2.35. The van der Waals surface area contributed by atoms with Crippen LogP contribution in [0.3, 0.4) is 0 Å². The number of anilines is 1. The Hall–Kier alpha value is -2.30. The summed E-state index contributed by atoms with van der Waals surface area (Å²) in [4.78, 5) is 8.82. The van der Waals surface area contributed by atoms with Crippen LogP contribution in [0.15, 0.2) is 41.7 Å². The zero-order chi connectivity index (χ0) is 18.1. The van der Waals surface area contributed by atoms with Crippen molar-refractivity contribution in [3.05, 3.63) is 47.9 Å². The number of aliphatic hydroxyl groups is 2. The van der Waals surface area contributed by atoms with E-state index in [0.717, 1.165) is 5.56 Å². The fourth-order valence-corrected chi connectivity index (χ4v) is 3.27. The largest absolute Gasteiger partial charge is 0.387 e. The van der Waals surface area contributed by atoms with Gasteiger partial charge < -0.3 is 26.0 Å². The predicted octanol–water partition coefficient (Wildman–Crippen LogP) is -0.297.